The van der Waals surface area contributed by atoms with Crippen LogP contribution in [0.1, 0.15) is 27.2 Å². The van der Waals surface area contributed by atoms with E-state index in [1.54, 1.807) is 20.8 Å². The minimum Gasteiger partial charge on any atom is -0.394 e. The third kappa shape index (κ3) is 4.84. The summed E-state index contributed by atoms with van der Waals surface area (Å²) >= 11 is 0. The molecule has 0 radical (unpaired) electrons. The Labute approximate surface area is 141 Å². The third-order valence-electron chi connectivity index (χ3n) is 4.31. The van der Waals surface area contributed by atoms with Crippen LogP contribution in [0.4, 0.5) is 0 Å². The molecule has 7 N–H and O–H groups in total. The fourth-order valence-electron chi connectivity index (χ4n) is 2.55. The van der Waals surface area contributed by atoms with Gasteiger partial charge in [-0.05, 0) is 12.3 Å². The van der Waals surface area contributed by atoms with Gasteiger partial charge in [0.05, 0.1) is 18.8 Å². The molecule has 0 aliphatic carbocycles. The molecular weight excluding hydrogens is 324 g/mol. The van der Waals surface area contributed by atoms with Crippen LogP contribution in [0.2, 0.25) is 0 Å². The molecule has 24 heavy (non-hydrogen) atoms. The summed E-state index contributed by atoms with van der Waals surface area (Å²) in [7, 11) is 0. The van der Waals surface area contributed by atoms with Gasteiger partial charge in [-0.1, -0.05) is 20.8 Å². The average molecular weight is 354 g/mol. The van der Waals surface area contributed by atoms with Crippen LogP contribution in [0.3, 0.4) is 0 Å². The van der Waals surface area contributed by atoms with Crippen molar-refractivity contribution < 1.29 is 45.2 Å². The number of rotatable bonds is 8. The number of aliphatic hydroxyl groups excluding tert-OH is 7. The molecular formula is C15H30O9. The molecule has 0 spiro atoms. The molecule has 0 bridgehead atoms. The second kappa shape index (κ2) is 9.37. The minimum atomic E-state index is -1.65. The highest BCUT2D eigenvalue weighted by atomic mass is 16.7. The van der Waals surface area contributed by atoms with Gasteiger partial charge in [0.1, 0.15) is 36.6 Å². The van der Waals surface area contributed by atoms with Crippen LogP contribution in [-0.4, -0.2) is 97.5 Å². The first kappa shape index (κ1) is 21.7. The van der Waals surface area contributed by atoms with Gasteiger partial charge in [0.15, 0.2) is 6.29 Å². The predicted molar refractivity (Wildman–Crippen MR) is 81.8 cm³/mol. The first-order valence-corrected chi connectivity index (χ1v) is 8.15. The fourth-order valence-corrected chi connectivity index (χ4v) is 2.55. The maximum Gasteiger partial charge on any atom is 0.187 e. The molecule has 9 atom stereocenters. The highest BCUT2D eigenvalue weighted by molar-refractivity contribution is 4.91. The molecule has 1 fully saturated rings. The van der Waals surface area contributed by atoms with Gasteiger partial charge >= 0.3 is 0 Å². The first-order valence-electron chi connectivity index (χ1n) is 8.15. The van der Waals surface area contributed by atoms with E-state index < -0.39 is 61.7 Å². The number of ether oxygens (including phenoxy) is 2. The summed E-state index contributed by atoms with van der Waals surface area (Å²) in [5.41, 5.74) is 0. The van der Waals surface area contributed by atoms with Crippen molar-refractivity contribution in [2.45, 2.75) is 82.3 Å². The summed E-state index contributed by atoms with van der Waals surface area (Å²) in [6, 6.07) is 0. The van der Waals surface area contributed by atoms with Gasteiger partial charge in [0.25, 0.3) is 0 Å². The largest absolute Gasteiger partial charge is 0.394 e. The molecule has 1 heterocycles. The number of hydrogen-bond donors (Lipinski definition) is 7. The second-order valence-electron chi connectivity index (χ2n) is 6.50. The molecule has 1 saturated heterocycles. The van der Waals surface area contributed by atoms with Crippen LogP contribution >= 0.6 is 0 Å². The minimum absolute atomic E-state index is 0.198. The van der Waals surface area contributed by atoms with E-state index in [0.717, 1.165) is 0 Å². The Morgan fingerprint density at radius 1 is 0.958 bits per heavy atom. The third-order valence-corrected chi connectivity index (χ3v) is 4.31. The summed E-state index contributed by atoms with van der Waals surface area (Å²) < 4.78 is 10.6. The van der Waals surface area contributed by atoms with Gasteiger partial charge in [-0.25, -0.2) is 0 Å². The zero-order chi connectivity index (χ0) is 18.6. The van der Waals surface area contributed by atoms with E-state index >= 15 is 0 Å². The lowest BCUT2D eigenvalue weighted by molar-refractivity contribution is -0.326. The molecule has 9 nitrogen and oxygen atoms in total. The van der Waals surface area contributed by atoms with Crippen LogP contribution in [0.15, 0.2) is 0 Å². The van der Waals surface area contributed by atoms with Crippen LogP contribution in [-0.2, 0) is 9.47 Å². The number of hydrogen-bond acceptors (Lipinski definition) is 9. The quantitative estimate of drug-likeness (QED) is 0.246. The summed E-state index contributed by atoms with van der Waals surface area (Å²) in [4.78, 5) is 0. The van der Waals surface area contributed by atoms with Crippen molar-refractivity contribution >= 4 is 0 Å². The predicted octanol–water partition coefficient (Wildman–Crippen LogP) is -2.68. The molecule has 0 amide bonds. The highest BCUT2D eigenvalue weighted by Gasteiger charge is 2.46. The van der Waals surface area contributed by atoms with Gasteiger partial charge < -0.3 is 45.2 Å². The van der Waals surface area contributed by atoms with Gasteiger partial charge in [-0.3, -0.25) is 0 Å². The zero-order valence-corrected chi connectivity index (χ0v) is 14.1. The Kier molecular flexibility index (Phi) is 8.46. The lowest BCUT2D eigenvalue weighted by Crippen LogP contribution is -2.61. The topological polar surface area (TPSA) is 160 Å². The van der Waals surface area contributed by atoms with Gasteiger partial charge in [-0.2, -0.15) is 0 Å². The summed E-state index contributed by atoms with van der Waals surface area (Å²) in [5, 5.41) is 69.1. The van der Waals surface area contributed by atoms with Gasteiger partial charge in [-0.15, -0.1) is 0 Å². The first-order chi connectivity index (χ1) is 11.1. The molecule has 0 saturated carbocycles. The average Bonchev–Trinajstić information content (AvgIpc) is 2.57. The maximum absolute atomic E-state index is 10.3. The van der Waals surface area contributed by atoms with Crippen LogP contribution in [0.25, 0.3) is 0 Å². The molecule has 0 unspecified atom stereocenters. The van der Waals surface area contributed by atoms with E-state index in [0.29, 0.717) is 0 Å². The number of aliphatic hydroxyl groups is 7. The Morgan fingerprint density at radius 3 is 2.00 bits per heavy atom. The van der Waals surface area contributed by atoms with Crippen molar-refractivity contribution in [1.29, 1.82) is 0 Å². The molecule has 0 aromatic carbocycles. The van der Waals surface area contributed by atoms with Crippen molar-refractivity contribution in [3.63, 3.8) is 0 Å². The van der Waals surface area contributed by atoms with Crippen molar-refractivity contribution in [2.24, 2.45) is 5.92 Å². The SMILES string of the molecule is CC[C@@H](O)[C@@H](O[C@@H]1O[C@H](CO)[C@H](O)[C@H](O)[C@H]1O)[C@H](O)[C@@H](O)C(C)C. The standard InChI is InChI=1S/C15H30O9/c1-4-7(17)14(12(21)9(18)6(2)3)24-15-13(22)11(20)10(19)8(5-16)23-15/h6-22H,4-5H2,1-3H3/t7-,8-,9+,10+,11+,12-,13-,14-,15+/m1/s1. The molecule has 0 aromatic heterocycles. The molecule has 144 valence electrons. The van der Waals surface area contributed by atoms with Crippen LogP contribution in [0, 0.1) is 5.92 Å². The van der Waals surface area contributed by atoms with Gasteiger partial charge in [0.2, 0.25) is 0 Å². The maximum atomic E-state index is 10.3. The van der Waals surface area contributed by atoms with Crippen LogP contribution in [0.5, 0.6) is 0 Å². The molecule has 1 rings (SSSR count). The van der Waals surface area contributed by atoms with E-state index in [1.807, 2.05) is 0 Å². The van der Waals surface area contributed by atoms with Crippen molar-refractivity contribution in [1.82, 2.24) is 0 Å². The smallest absolute Gasteiger partial charge is 0.187 e. The summed E-state index contributed by atoms with van der Waals surface area (Å²) in [6.07, 6.45) is -12.4. The van der Waals surface area contributed by atoms with E-state index in [-0.39, 0.29) is 12.3 Å². The zero-order valence-electron chi connectivity index (χ0n) is 14.1. The molecule has 1 aliphatic heterocycles. The van der Waals surface area contributed by atoms with E-state index in [2.05, 4.69) is 0 Å². The Morgan fingerprint density at radius 2 is 1.54 bits per heavy atom. The lowest BCUT2D eigenvalue weighted by atomic mass is 9.94. The monoisotopic (exact) mass is 354 g/mol. The lowest BCUT2D eigenvalue weighted by Gasteiger charge is -2.42. The molecule has 1 aliphatic rings. The Hall–Kier alpha value is -0.360. The van der Waals surface area contributed by atoms with Gasteiger partial charge in [0, 0.05) is 0 Å². The Balaban J connectivity index is 2.92. The van der Waals surface area contributed by atoms with Crippen molar-refractivity contribution in [3.05, 3.63) is 0 Å². The molecule has 9 heteroatoms. The fraction of sp³-hybridized carbons (Fsp3) is 1.00. The van der Waals surface area contributed by atoms with E-state index in [4.69, 9.17) is 9.47 Å². The van der Waals surface area contributed by atoms with Crippen LogP contribution < -0.4 is 0 Å². The second-order valence-corrected chi connectivity index (χ2v) is 6.50. The van der Waals surface area contributed by atoms with Crippen molar-refractivity contribution in [3.8, 4) is 0 Å². The molecule has 0 aromatic rings. The summed E-state index contributed by atoms with van der Waals surface area (Å²) in [6.45, 7) is 4.38. The van der Waals surface area contributed by atoms with E-state index in [9.17, 15) is 35.7 Å². The Bertz CT molecular complexity index is 365. The summed E-state index contributed by atoms with van der Waals surface area (Å²) in [5.74, 6) is -0.315. The normalized spacial score (nSPS) is 36.4. The van der Waals surface area contributed by atoms with Crippen molar-refractivity contribution in [2.75, 3.05) is 6.61 Å². The highest BCUT2D eigenvalue weighted by Crippen LogP contribution is 2.26. The van der Waals surface area contributed by atoms with E-state index in [1.165, 1.54) is 0 Å².